The number of hydrogen-bond donors (Lipinski definition) is 2. The Morgan fingerprint density at radius 2 is 2.00 bits per heavy atom. The molecule has 10 heteroatoms. The van der Waals surface area contributed by atoms with Crippen molar-refractivity contribution in [1.82, 2.24) is 23.9 Å². The lowest BCUT2D eigenvalue weighted by Crippen LogP contribution is -2.24. The third-order valence-electron chi connectivity index (χ3n) is 4.75. The van der Waals surface area contributed by atoms with E-state index < -0.39 is 6.04 Å². The van der Waals surface area contributed by atoms with Crippen LogP contribution in [-0.2, 0) is 18.9 Å². The van der Waals surface area contributed by atoms with E-state index in [0.717, 1.165) is 15.9 Å². The number of anilines is 1. The van der Waals surface area contributed by atoms with Gasteiger partial charge in [-0.05, 0) is 48.8 Å². The number of H-pyrrole nitrogens is 1. The minimum atomic E-state index is -0.571. The van der Waals surface area contributed by atoms with Crippen LogP contribution >= 0.6 is 23.6 Å². The monoisotopic (exact) mass is 414 g/mol. The Hall–Kier alpha value is -2.98. The summed E-state index contributed by atoms with van der Waals surface area (Å²) in [5.41, 5.74) is 2.04. The first kappa shape index (κ1) is 18.4. The van der Waals surface area contributed by atoms with Gasteiger partial charge in [0.25, 0.3) is 0 Å². The van der Waals surface area contributed by atoms with Crippen LogP contribution in [0.3, 0.4) is 0 Å². The molecule has 1 unspecified atom stereocenters. The van der Waals surface area contributed by atoms with Crippen LogP contribution in [0.25, 0.3) is 21.7 Å². The van der Waals surface area contributed by atoms with Gasteiger partial charge in [0, 0.05) is 19.8 Å². The molecule has 1 amide bonds. The zero-order valence-electron chi connectivity index (χ0n) is 15.5. The summed E-state index contributed by atoms with van der Waals surface area (Å²) in [4.78, 5) is 25.9. The van der Waals surface area contributed by atoms with E-state index in [0.29, 0.717) is 16.3 Å². The van der Waals surface area contributed by atoms with Gasteiger partial charge in [0.05, 0.1) is 15.9 Å². The summed E-state index contributed by atoms with van der Waals surface area (Å²) in [5.74, 6) is 0.402. The number of imidazole rings is 1. The second-order valence-corrected chi connectivity index (χ2v) is 7.80. The molecule has 4 aromatic rings. The predicted molar refractivity (Wildman–Crippen MR) is 112 cm³/mol. The first-order chi connectivity index (χ1) is 13.4. The summed E-state index contributed by atoms with van der Waals surface area (Å²) < 4.78 is 5.21. The van der Waals surface area contributed by atoms with Crippen LogP contribution in [0.1, 0.15) is 13.0 Å². The fourth-order valence-corrected chi connectivity index (χ4v) is 4.19. The Balaban J connectivity index is 1.65. The van der Waals surface area contributed by atoms with Crippen molar-refractivity contribution in [3.05, 3.63) is 51.0 Å². The molecule has 144 valence electrons. The summed E-state index contributed by atoms with van der Waals surface area (Å²) in [5, 5.41) is 11.9. The highest BCUT2D eigenvalue weighted by Crippen LogP contribution is 2.26. The molecular formula is C18H18N6O2S2. The Bertz CT molecular complexity index is 1290. The summed E-state index contributed by atoms with van der Waals surface area (Å²) >= 11 is 6.86. The molecule has 0 aliphatic rings. The first-order valence-corrected chi connectivity index (χ1v) is 9.84. The molecule has 28 heavy (non-hydrogen) atoms. The zero-order chi connectivity index (χ0) is 20.0. The van der Waals surface area contributed by atoms with Crippen LogP contribution in [0.2, 0.25) is 0 Å². The van der Waals surface area contributed by atoms with Crippen molar-refractivity contribution in [2.75, 3.05) is 5.32 Å². The molecule has 0 spiro atoms. The molecule has 3 heterocycles. The molecule has 8 nitrogen and oxygen atoms in total. The number of aromatic nitrogens is 5. The summed E-state index contributed by atoms with van der Waals surface area (Å²) in [6, 6.07) is 8.67. The maximum atomic E-state index is 12.9. The molecule has 0 aliphatic carbocycles. The number of hydrogen-bond acceptors (Lipinski definition) is 5. The van der Waals surface area contributed by atoms with Crippen molar-refractivity contribution in [2.45, 2.75) is 13.0 Å². The molecule has 1 aromatic carbocycles. The SMILES string of the molecule is CC(C(=O)Nc1ccc2c(c1)n(C)c(=O)n2C)n1c(-c2cccs2)n[nH]c1=S. The second kappa shape index (κ2) is 6.88. The molecule has 1 atom stereocenters. The van der Waals surface area contributed by atoms with Crippen molar-refractivity contribution in [3.63, 3.8) is 0 Å². The van der Waals surface area contributed by atoms with E-state index in [4.69, 9.17) is 12.2 Å². The Labute approximate surface area is 169 Å². The molecule has 0 bridgehead atoms. The van der Waals surface area contributed by atoms with Gasteiger partial charge in [0.2, 0.25) is 5.91 Å². The van der Waals surface area contributed by atoms with Crippen molar-refractivity contribution in [1.29, 1.82) is 0 Å². The number of benzene rings is 1. The molecule has 0 fully saturated rings. The number of aryl methyl sites for hydroxylation is 2. The Morgan fingerprint density at radius 1 is 1.25 bits per heavy atom. The maximum Gasteiger partial charge on any atom is 0.328 e. The fraction of sp³-hybridized carbons (Fsp3) is 0.222. The quantitative estimate of drug-likeness (QED) is 0.502. The van der Waals surface area contributed by atoms with Crippen molar-refractivity contribution in [3.8, 4) is 10.7 Å². The average molecular weight is 415 g/mol. The van der Waals surface area contributed by atoms with Crippen molar-refractivity contribution < 1.29 is 4.79 Å². The van der Waals surface area contributed by atoms with Crippen LogP contribution in [0.5, 0.6) is 0 Å². The van der Waals surface area contributed by atoms with Gasteiger partial charge >= 0.3 is 5.69 Å². The molecule has 2 N–H and O–H groups in total. The van der Waals surface area contributed by atoms with Crippen LogP contribution in [0.4, 0.5) is 5.69 Å². The lowest BCUT2D eigenvalue weighted by molar-refractivity contribution is -0.118. The number of carbonyl (C=O) groups is 1. The van der Waals surface area contributed by atoms with Gasteiger partial charge in [0.1, 0.15) is 6.04 Å². The van der Waals surface area contributed by atoms with Gasteiger partial charge in [0.15, 0.2) is 10.6 Å². The zero-order valence-corrected chi connectivity index (χ0v) is 17.1. The third kappa shape index (κ3) is 2.90. The van der Waals surface area contributed by atoms with E-state index in [9.17, 15) is 9.59 Å². The molecule has 0 saturated carbocycles. The van der Waals surface area contributed by atoms with Gasteiger partial charge in [-0.1, -0.05) is 6.07 Å². The fourth-order valence-electron chi connectivity index (χ4n) is 3.19. The number of carbonyl (C=O) groups excluding carboxylic acids is 1. The summed E-state index contributed by atoms with van der Waals surface area (Å²) in [6.07, 6.45) is 0. The van der Waals surface area contributed by atoms with Gasteiger partial charge in [-0.3, -0.25) is 23.6 Å². The smallest absolute Gasteiger partial charge is 0.324 e. The van der Waals surface area contributed by atoms with E-state index in [1.165, 1.54) is 11.3 Å². The van der Waals surface area contributed by atoms with Crippen LogP contribution in [0, 0.1) is 4.77 Å². The first-order valence-electron chi connectivity index (χ1n) is 8.55. The van der Waals surface area contributed by atoms with Crippen LogP contribution < -0.4 is 11.0 Å². The van der Waals surface area contributed by atoms with E-state index in [2.05, 4.69) is 15.5 Å². The molecule has 0 saturated heterocycles. The molecule has 4 rings (SSSR count). The number of rotatable bonds is 4. The lowest BCUT2D eigenvalue weighted by atomic mass is 10.2. The van der Waals surface area contributed by atoms with Gasteiger partial charge in [-0.25, -0.2) is 4.79 Å². The number of fused-ring (bicyclic) bond motifs is 1. The predicted octanol–water partition coefficient (Wildman–Crippen LogP) is 3.06. The van der Waals surface area contributed by atoms with Crippen LogP contribution in [-0.4, -0.2) is 29.8 Å². The Morgan fingerprint density at radius 3 is 2.71 bits per heavy atom. The van der Waals surface area contributed by atoms with E-state index in [1.54, 1.807) is 46.9 Å². The lowest BCUT2D eigenvalue weighted by Gasteiger charge is -2.15. The third-order valence-corrected chi connectivity index (χ3v) is 5.91. The van der Waals surface area contributed by atoms with E-state index >= 15 is 0 Å². The highest BCUT2D eigenvalue weighted by molar-refractivity contribution is 7.71. The van der Waals surface area contributed by atoms with E-state index in [-0.39, 0.29) is 11.6 Å². The van der Waals surface area contributed by atoms with E-state index in [1.807, 2.05) is 23.6 Å². The number of aromatic amines is 1. The van der Waals surface area contributed by atoms with Gasteiger partial charge in [-0.2, -0.15) is 5.10 Å². The minimum Gasteiger partial charge on any atom is -0.324 e. The standard InChI is InChI=1S/C18H18N6O2S2/c1-10(24-15(20-21-17(24)27)14-5-4-8-28-14)16(25)19-11-6-7-12-13(9-11)23(3)18(26)22(12)2/h4-10H,1-3H3,(H,19,25)(H,21,27). The van der Waals surface area contributed by atoms with Crippen molar-refractivity contribution >= 4 is 46.2 Å². The average Bonchev–Trinajstić information content (AvgIpc) is 3.38. The minimum absolute atomic E-state index is 0.114. The largest absolute Gasteiger partial charge is 0.328 e. The molecule has 0 aliphatic heterocycles. The van der Waals surface area contributed by atoms with Gasteiger partial charge in [-0.15, -0.1) is 11.3 Å². The highest BCUT2D eigenvalue weighted by atomic mass is 32.1. The van der Waals surface area contributed by atoms with Gasteiger partial charge < -0.3 is 5.32 Å². The molecule has 0 radical (unpaired) electrons. The summed E-state index contributed by atoms with van der Waals surface area (Å²) in [7, 11) is 3.43. The summed E-state index contributed by atoms with van der Waals surface area (Å²) in [6.45, 7) is 1.77. The molecule has 3 aromatic heterocycles. The molecular weight excluding hydrogens is 396 g/mol. The number of nitrogens with one attached hydrogen (secondary N) is 2. The number of nitrogens with zero attached hydrogens (tertiary/aromatic N) is 4. The Kier molecular flexibility index (Phi) is 4.52. The number of amides is 1. The highest BCUT2D eigenvalue weighted by Gasteiger charge is 2.22. The maximum absolute atomic E-state index is 12.9. The van der Waals surface area contributed by atoms with Crippen molar-refractivity contribution in [2.24, 2.45) is 14.1 Å². The normalized spacial score (nSPS) is 12.4. The second-order valence-electron chi connectivity index (χ2n) is 6.47. The topological polar surface area (TPSA) is 89.6 Å². The van der Waals surface area contributed by atoms with Crippen LogP contribution in [0.15, 0.2) is 40.5 Å². The number of thiophene rings is 1.